The van der Waals surface area contributed by atoms with Crippen LogP contribution < -0.4 is 5.32 Å². The van der Waals surface area contributed by atoms with Crippen molar-refractivity contribution < 1.29 is 18.3 Å². The minimum Gasteiger partial charge on any atom is -0.396 e. The SMILES string of the molecule is C.CC.CC(F)(F)F.OCC1CCNC1. The molecule has 0 radical (unpaired) electrons. The molecule has 1 aliphatic heterocycles. The number of hydrogen-bond donors (Lipinski definition) is 2. The second kappa shape index (κ2) is 11.8. The number of hydrogen-bond acceptors (Lipinski definition) is 2. The highest BCUT2D eigenvalue weighted by molar-refractivity contribution is 4.68. The van der Waals surface area contributed by atoms with E-state index in [4.69, 9.17) is 5.11 Å². The number of halogens is 3. The Kier molecular flexibility index (Phi) is 15.8. The first-order chi connectivity index (χ1) is 6.43. The predicted molar refractivity (Wildman–Crippen MR) is 57.9 cm³/mol. The molecule has 1 saturated heterocycles. The van der Waals surface area contributed by atoms with E-state index in [1.807, 2.05) is 13.8 Å². The summed E-state index contributed by atoms with van der Waals surface area (Å²) in [5.41, 5.74) is 0. The topological polar surface area (TPSA) is 32.3 Å². The maximum absolute atomic E-state index is 10.4. The molecule has 1 unspecified atom stereocenters. The van der Waals surface area contributed by atoms with E-state index in [0.29, 0.717) is 12.5 Å². The summed E-state index contributed by atoms with van der Waals surface area (Å²) in [6, 6.07) is 0. The van der Waals surface area contributed by atoms with Gasteiger partial charge in [0.15, 0.2) is 0 Å². The van der Waals surface area contributed by atoms with E-state index in [0.717, 1.165) is 19.5 Å². The maximum atomic E-state index is 10.4. The molecule has 0 spiro atoms. The van der Waals surface area contributed by atoms with Gasteiger partial charge in [-0.3, -0.25) is 0 Å². The van der Waals surface area contributed by atoms with Crippen LogP contribution in [-0.4, -0.2) is 31.0 Å². The fourth-order valence-corrected chi connectivity index (χ4v) is 0.870. The third-order valence-corrected chi connectivity index (χ3v) is 1.42. The molecule has 0 bridgehead atoms. The van der Waals surface area contributed by atoms with Gasteiger partial charge in [-0.15, -0.1) is 0 Å². The van der Waals surface area contributed by atoms with Crippen molar-refractivity contribution in [1.29, 1.82) is 0 Å². The normalized spacial score (nSPS) is 19.0. The summed E-state index contributed by atoms with van der Waals surface area (Å²) in [5, 5.41) is 11.7. The van der Waals surface area contributed by atoms with E-state index in [2.05, 4.69) is 5.32 Å². The summed E-state index contributed by atoms with van der Waals surface area (Å²) in [6.07, 6.45) is -2.85. The third kappa shape index (κ3) is 24.8. The van der Waals surface area contributed by atoms with Crippen molar-refractivity contribution in [3.8, 4) is 0 Å². The molecule has 1 aliphatic rings. The van der Waals surface area contributed by atoms with Gasteiger partial charge in [0.25, 0.3) is 0 Å². The van der Waals surface area contributed by atoms with Crippen molar-refractivity contribution in [2.75, 3.05) is 19.7 Å². The van der Waals surface area contributed by atoms with Crippen LogP contribution in [0.1, 0.15) is 34.6 Å². The predicted octanol–water partition coefficient (Wildman–Crippen LogP) is 2.82. The molecule has 1 heterocycles. The average Bonchev–Trinajstić information content (AvgIpc) is 2.56. The van der Waals surface area contributed by atoms with Crippen LogP contribution in [0, 0.1) is 5.92 Å². The van der Waals surface area contributed by atoms with Gasteiger partial charge < -0.3 is 10.4 Å². The molecule has 1 rings (SSSR count). The van der Waals surface area contributed by atoms with Crippen LogP contribution in [0.15, 0.2) is 0 Å². The average molecular weight is 231 g/mol. The van der Waals surface area contributed by atoms with Crippen molar-refractivity contribution in [3.63, 3.8) is 0 Å². The van der Waals surface area contributed by atoms with Crippen molar-refractivity contribution in [3.05, 3.63) is 0 Å². The first-order valence-corrected chi connectivity index (χ1v) is 4.82. The number of rotatable bonds is 1. The lowest BCUT2D eigenvalue weighted by Gasteiger charge is -1.98. The molecule has 2 nitrogen and oxygen atoms in total. The molecular weight excluding hydrogens is 207 g/mol. The van der Waals surface area contributed by atoms with Gasteiger partial charge in [0.2, 0.25) is 0 Å². The smallest absolute Gasteiger partial charge is 0.386 e. The van der Waals surface area contributed by atoms with Crippen LogP contribution in [0.25, 0.3) is 0 Å². The zero-order valence-electron chi connectivity index (χ0n) is 8.99. The number of nitrogens with one attached hydrogen (secondary N) is 1. The standard InChI is InChI=1S/C5H11NO.C2H3F3.C2H6.CH4/c7-4-5-1-2-6-3-5;1-2(3,4)5;1-2;/h5-7H,1-4H2;1H3;1-2H3;1H4. The second-order valence-electron chi connectivity index (χ2n) is 2.82. The Labute approximate surface area is 90.9 Å². The van der Waals surface area contributed by atoms with E-state index in [1.54, 1.807) is 0 Å². The van der Waals surface area contributed by atoms with Gasteiger partial charge in [-0.05, 0) is 18.9 Å². The Morgan fingerprint density at radius 3 is 1.87 bits per heavy atom. The highest BCUT2D eigenvalue weighted by atomic mass is 19.4. The monoisotopic (exact) mass is 231 g/mol. The molecule has 0 aromatic heterocycles. The van der Waals surface area contributed by atoms with Gasteiger partial charge in [-0.1, -0.05) is 21.3 Å². The van der Waals surface area contributed by atoms with Gasteiger partial charge in [0, 0.05) is 20.1 Å². The third-order valence-electron chi connectivity index (χ3n) is 1.42. The van der Waals surface area contributed by atoms with E-state index < -0.39 is 6.18 Å². The van der Waals surface area contributed by atoms with Crippen LogP contribution in [-0.2, 0) is 0 Å². The second-order valence-corrected chi connectivity index (χ2v) is 2.82. The summed E-state index contributed by atoms with van der Waals surface area (Å²) in [6.45, 7) is 6.64. The molecule has 5 heteroatoms. The Bertz CT molecular complexity index is 106. The summed E-state index contributed by atoms with van der Waals surface area (Å²) < 4.78 is 31.1. The van der Waals surface area contributed by atoms with Gasteiger partial charge >= 0.3 is 6.18 Å². The van der Waals surface area contributed by atoms with Crippen LogP contribution in [0.4, 0.5) is 13.2 Å². The molecule has 15 heavy (non-hydrogen) atoms. The zero-order chi connectivity index (χ0) is 11.6. The molecule has 0 aromatic rings. The highest BCUT2D eigenvalue weighted by Gasteiger charge is 2.15. The Morgan fingerprint density at radius 2 is 1.73 bits per heavy atom. The molecule has 1 fully saturated rings. The minimum atomic E-state index is -4.00. The summed E-state index contributed by atoms with van der Waals surface area (Å²) in [7, 11) is 0. The van der Waals surface area contributed by atoms with E-state index in [1.165, 1.54) is 0 Å². The van der Waals surface area contributed by atoms with E-state index in [-0.39, 0.29) is 14.4 Å². The molecule has 0 amide bonds. The largest absolute Gasteiger partial charge is 0.396 e. The van der Waals surface area contributed by atoms with Crippen LogP contribution >= 0.6 is 0 Å². The lowest BCUT2D eigenvalue weighted by Crippen LogP contribution is -2.11. The van der Waals surface area contributed by atoms with E-state index >= 15 is 0 Å². The van der Waals surface area contributed by atoms with Gasteiger partial charge in [-0.2, -0.15) is 13.2 Å². The van der Waals surface area contributed by atoms with Crippen molar-refractivity contribution in [2.24, 2.45) is 5.92 Å². The fourth-order valence-electron chi connectivity index (χ4n) is 0.870. The molecule has 0 saturated carbocycles. The molecule has 1 atom stereocenters. The molecule has 0 aromatic carbocycles. The lowest BCUT2D eigenvalue weighted by molar-refractivity contribution is -0.110. The number of alkyl halides is 3. The zero-order valence-corrected chi connectivity index (χ0v) is 8.99. The van der Waals surface area contributed by atoms with Crippen LogP contribution in [0.2, 0.25) is 0 Å². The Morgan fingerprint density at radius 1 is 1.33 bits per heavy atom. The quantitative estimate of drug-likeness (QED) is 0.727. The van der Waals surface area contributed by atoms with Crippen LogP contribution in [0.3, 0.4) is 0 Å². The van der Waals surface area contributed by atoms with Crippen LogP contribution in [0.5, 0.6) is 0 Å². The van der Waals surface area contributed by atoms with Gasteiger partial charge in [-0.25, -0.2) is 0 Å². The van der Waals surface area contributed by atoms with Gasteiger partial charge in [0.05, 0.1) is 0 Å². The summed E-state index contributed by atoms with van der Waals surface area (Å²) >= 11 is 0. The molecular formula is C10H24F3NO. The molecule has 96 valence electrons. The molecule has 2 N–H and O–H groups in total. The minimum absolute atomic E-state index is 0. The lowest BCUT2D eigenvalue weighted by atomic mass is 10.1. The molecule has 0 aliphatic carbocycles. The summed E-state index contributed by atoms with van der Waals surface area (Å²) in [5.74, 6) is 0.542. The van der Waals surface area contributed by atoms with Crippen molar-refractivity contribution >= 4 is 0 Å². The van der Waals surface area contributed by atoms with Gasteiger partial charge in [0.1, 0.15) is 0 Å². The summed E-state index contributed by atoms with van der Waals surface area (Å²) in [4.78, 5) is 0. The van der Waals surface area contributed by atoms with Crippen molar-refractivity contribution in [2.45, 2.75) is 40.8 Å². The fraction of sp³-hybridized carbons (Fsp3) is 1.00. The first-order valence-electron chi connectivity index (χ1n) is 4.82. The Hall–Kier alpha value is -0.290. The highest BCUT2D eigenvalue weighted by Crippen LogP contribution is 2.10. The Balaban J connectivity index is -0.000000162. The first kappa shape index (κ1) is 20.2. The number of aliphatic hydroxyl groups is 1. The van der Waals surface area contributed by atoms with Crippen molar-refractivity contribution in [1.82, 2.24) is 5.32 Å². The number of aliphatic hydroxyl groups excluding tert-OH is 1. The maximum Gasteiger partial charge on any atom is 0.386 e. The van der Waals surface area contributed by atoms with E-state index in [9.17, 15) is 13.2 Å².